The van der Waals surface area contributed by atoms with Crippen molar-refractivity contribution < 1.29 is 19.2 Å². The van der Waals surface area contributed by atoms with Crippen LogP contribution in [0.1, 0.15) is 66.9 Å². The van der Waals surface area contributed by atoms with Gasteiger partial charge in [-0.15, -0.1) is 0 Å². The third-order valence-electron chi connectivity index (χ3n) is 6.72. The molecule has 0 spiro atoms. The lowest BCUT2D eigenvalue weighted by molar-refractivity contribution is -0.140. The minimum atomic E-state index is -0.582. The van der Waals surface area contributed by atoms with E-state index in [0.717, 1.165) is 18.4 Å². The number of fused-ring (bicyclic) bond motifs is 1. The maximum atomic E-state index is 13.2. The minimum absolute atomic E-state index is 0.0398. The molecule has 2 aliphatic heterocycles. The van der Waals surface area contributed by atoms with Crippen molar-refractivity contribution >= 4 is 24.1 Å². The van der Waals surface area contributed by atoms with Crippen LogP contribution in [0.3, 0.4) is 0 Å². The van der Waals surface area contributed by atoms with E-state index < -0.39 is 11.5 Å². The molecule has 2 heterocycles. The van der Waals surface area contributed by atoms with Gasteiger partial charge in [0.15, 0.2) is 0 Å². The highest BCUT2D eigenvalue weighted by Gasteiger charge is 2.48. The topological polar surface area (TPSA) is 111 Å². The summed E-state index contributed by atoms with van der Waals surface area (Å²) in [5.74, 6) is -0.143. The van der Waals surface area contributed by atoms with E-state index >= 15 is 0 Å². The molecule has 1 aromatic rings. The molecule has 0 radical (unpaired) electrons. The Bertz CT molecular complexity index is 871. The normalized spacial score (nSPS) is 19.8. The lowest BCUT2D eigenvalue weighted by Gasteiger charge is -2.36. The van der Waals surface area contributed by atoms with E-state index in [1.807, 2.05) is 74.8 Å². The van der Waals surface area contributed by atoms with Crippen LogP contribution in [0.25, 0.3) is 0 Å². The van der Waals surface area contributed by atoms with E-state index in [0.29, 0.717) is 26.0 Å². The van der Waals surface area contributed by atoms with Crippen LogP contribution in [0.5, 0.6) is 0 Å². The third kappa shape index (κ3) is 9.14. The van der Waals surface area contributed by atoms with Crippen LogP contribution in [-0.4, -0.2) is 78.2 Å². The van der Waals surface area contributed by atoms with Gasteiger partial charge >= 0.3 is 0 Å². The molecule has 2 saturated heterocycles. The second-order valence-corrected chi connectivity index (χ2v) is 10.3. The number of nitrogens with one attached hydrogen (secondary N) is 3. The number of likely N-dealkylation sites (tertiary alicyclic amines) is 2. The molecule has 0 saturated carbocycles. The fourth-order valence-corrected chi connectivity index (χ4v) is 4.62. The summed E-state index contributed by atoms with van der Waals surface area (Å²) in [5.41, 5.74) is 0.728. The predicted molar refractivity (Wildman–Crippen MR) is 147 cm³/mol. The zero-order valence-corrected chi connectivity index (χ0v) is 23.8. The number of hydrogen-bond donors (Lipinski definition) is 3. The lowest BCUT2D eigenvalue weighted by Crippen LogP contribution is -2.58. The van der Waals surface area contributed by atoms with Crippen LogP contribution in [0.2, 0.25) is 0 Å². The van der Waals surface area contributed by atoms with Crippen molar-refractivity contribution in [3.8, 4) is 0 Å². The summed E-state index contributed by atoms with van der Waals surface area (Å²) >= 11 is 0. The first-order chi connectivity index (χ1) is 17.5. The molecule has 9 heteroatoms. The van der Waals surface area contributed by atoms with Crippen molar-refractivity contribution in [2.75, 3.05) is 20.1 Å². The van der Waals surface area contributed by atoms with Gasteiger partial charge in [0.25, 0.3) is 0 Å². The van der Waals surface area contributed by atoms with E-state index in [1.165, 1.54) is 0 Å². The molecule has 4 atom stereocenters. The fourth-order valence-electron chi connectivity index (χ4n) is 4.62. The number of carbonyl (C=O) groups excluding carboxylic acids is 4. The number of nitrogens with zero attached hydrogens (tertiary/aromatic N) is 2. The zero-order chi connectivity index (χ0) is 28.2. The standard InChI is InChI=1S/C18H32N4O3.C8H9NO.C2H6/c1-11(19-6)16(24)20-15(18(3,4)5)17(25)22-10-8-13-14(22)7-9-21(13)12(2)23;10-7-9-6-8-4-2-1-3-5-8;1-2/h11,13-15,19H,7-10H2,1-6H3,(H,20,24);1-5,7H,6H2,(H,9,10);1-2H3/t11-,13?,14?,15?;;/m0../s1. The average molecular weight is 518 g/mol. The van der Waals surface area contributed by atoms with Crippen molar-refractivity contribution in [2.24, 2.45) is 5.41 Å². The van der Waals surface area contributed by atoms with Gasteiger partial charge in [-0.05, 0) is 37.8 Å². The van der Waals surface area contributed by atoms with Gasteiger partial charge < -0.3 is 25.8 Å². The molecule has 0 bridgehead atoms. The van der Waals surface area contributed by atoms with Crippen LogP contribution < -0.4 is 16.0 Å². The summed E-state index contributed by atoms with van der Waals surface area (Å²) < 4.78 is 0. The van der Waals surface area contributed by atoms with Crippen molar-refractivity contribution in [1.82, 2.24) is 25.8 Å². The summed E-state index contributed by atoms with van der Waals surface area (Å²) in [6, 6.07) is 9.03. The second-order valence-electron chi connectivity index (χ2n) is 10.3. The van der Waals surface area contributed by atoms with E-state index in [2.05, 4.69) is 16.0 Å². The molecule has 4 amide bonds. The number of hydrogen-bond acceptors (Lipinski definition) is 5. The quantitative estimate of drug-likeness (QED) is 0.481. The number of likely N-dealkylation sites (N-methyl/N-ethyl adjacent to an activating group) is 1. The van der Waals surface area contributed by atoms with Crippen molar-refractivity contribution in [3.63, 3.8) is 0 Å². The highest BCUT2D eigenvalue weighted by molar-refractivity contribution is 5.90. The van der Waals surface area contributed by atoms with Crippen LogP contribution in [0.4, 0.5) is 0 Å². The molecule has 1 aromatic carbocycles. The largest absolute Gasteiger partial charge is 0.355 e. The number of amides is 4. The first-order valence-electron chi connectivity index (χ1n) is 13.3. The van der Waals surface area contributed by atoms with Gasteiger partial charge in [0.1, 0.15) is 6.04 Å². The van der Waals surface area contributed by atoms with Gasteiger partial charge in [0.2, 0.25) is 24.1 Å². The van der Waals surface area contributed by atoms with E-state index in [1.54, 1.807) is 20.9 Å². The zero-order valence-electron chi connectivity index (χ0n) is 23.8. The first-order valence-corrected chi connectivity index (χ1v) is 13.3. The molecule has 208 valence electrons. The van der Waals surface area contributed by atoms with Gasteiger partial charge in [0.05, 0.1) is 18.1 Å². The summed E-state index contributed by atoms with van der Waals surface area (Å²) in [4.78, 5) is 51.0. The minimum Gasteiger partial charge on any atom is -0.355 e. The monoisotopic (exact) mass is 517 g/mol. The van der Waals surface area contributed by atoms with Crippen LogP contribution in [0, 0.1) is 5.41 Å². The average Bonchev–Trinajstić information content (AvgIpc) is 3.49. The predicted octanol–water partition coefficient (Wildman–Crippen LogP) is 2.31. The maximum Gasteiger partial charge on any atom is 0.246 e. The number of carbonyl (C=O) groups is 4. The van der Waals surface area contributed by atoms with Gasteiger partial charge in [-0.3, -0.25) is 19.2 Å². The molecule has 0 aromatic heterocycles. The molecule has 3 rings (SSSR count). The molecular weight excluding hydrogens is 470 g/mol. The van der Waals surface area contributed by atoms with E-state index in [9.17, 15) is 19.2 Å². The first kappa shape index (κ1) is 32.1. The Kier molecular flexibility index (Phi) is 13.3. The Morgan fingerprint density at radius 1 is 1.03 bits per heavy atom. The Morgan fingerprint density at radius 2 is 1.57 bits per heavy atom. The molecule has 9 nitrogen and oxygen atoms in total. The highest BCUT2D eigenvalue weighted by Crippen LogP contribution is 2.33. The molecule has 2 aliphatic rings. The van der Waals surface area contributed by atoms with Crippen LogP contribution in [-0.2, 0) is 25.7 Å². The molecule has 2 fully saturated rings. The number of rotatable bonds is 7. The van der Waals surface area contributed by atoms with Crippen molar-refractivity contribution in [1.29, 1.82) is 0 Å². The second kappa shape index (κ2) is 15.3. The Balaban J connectivity index is 0.000000475. The summed E-state index contributed by atoms with van der Waals surface area (Å²) in [7, 11) is 1.72. The Morgan fingerprint density at radius 3 is 2.05 bits per heavy atom. The van der Waals surface area contributed by atoms with E-state index in [-0.39, 0.29) is 35.8 Å². The SMILES string of the molecule is CC.CN[C@@H](C)C(=O)NC(C(=O)N1CCC2C1CCN2C(C)=O)C(C)(C)C.O=CNCc1ccccc1. The smallest absolute Gasteiger partial charge is 0.246 e. The van der Waals surface area contributed by atoms with E-state index in [4.69, 9.17) is 0 Å². The third-order valence-corrected chi connectivity index (χ3v) is 6.72. The van der Waals surface area contributed by atoms with Gasteiger partial charge in [-0.2, -0.15) is 0 Å². The molecule has 3 N–H and O–H groups in total. The fraction of sp³-hybridized carbons (Fsp3) is 0.643. The maximum absolute atomic E-state index is 13.2. The van der Waals surface area contributed by atoms with Crippen LogP contribution >= 0.6 is 0 Å². The lowest BCUT2D eigenvalue weighted by atomic mass is 9.85. The Hall–Kier alpha value is -2.94. The highest BCUT2D eigenvalue weighted by atomic mass is 16.2. The summed E-state index contributed by atoms with van der Waals surface area (Å²) in [5, 5.41) is 8.41. The van der Waals surface area contributed by atoms with Crippen LogP contribution in [0.15, 0.2) is 30.3 Å². The molecular formula is C28H47N5O4. The molecule has 0 aliphatic carbocycles. The number of benzene rings is 1. The summed E-state index contributed by atoms with van der Waals surface area (Å²) in [6.07, 6.45) is 2.33. The summed E-state index contributed by atoms with van der Waals surface area (Å²) in [6.45, 7) is 15.2. The van der Waals surface area contributed by atoms with Crippen molar-refractivity contribution in [2.45, 2.75) is 92.0 Å². The van der Waals surface area contributed by atoms with Gasteiger partial charge in [0, 0.05) is 26.6 Å². The van der Waals surface area contributed by atoms with Crippen molar-refractivity contribution in [3.05, 3.63) is 35.9 Å². The molecule has 37 heavy (non-hydrogen) atoms. The Labute approximate surface area is 222 Å². The van der Waals surface area contributed by atoms with Gasteiger partial charge in [-0.1, -0.05) is 65.0 Å². The molecule has 3 unspecified atom stereocenters. The van der Waals surface area contributed by atoms with Gasteiger partial charge in [-0.25, -0.2) is 0 Å².